The Morgan fingerprint density at radius 1 is 0.947 bits per heavy atom. The van der Waals surface area contributed by atoms with Crippen LogP contribution < -0.4 is 4.74 Å². The van der Waals surface area contributed by atoms with E-state index in [-0.39, 0.29) is 77.4 Å². The van der Waals surface area contributed by atoms with Crippen molar-refractivity contribution < 1.29 is 54.2 Å². The number of allylic oxidation sites excluding steroid dienone is 13. The highest BCUT2D eigenvalue weighted by Gasteiger charge is 2.48. The van der Waals surface area contributed by atoms with E-state index >= 15 is 13.2 Å². The van der Waals surface area contributed by atoms with Gasteiger partial charge in [0.2, 0.25) is 0 Å². The number of ketones is 1. The molecule has 0 heterocycles. The lowest BCUT2D eigenvalue weighted by molar-refractivity contribution is -0.141. The highest BCUT2D eigenvalue weighted by molar-refractivity contribution is 6.02. The molecule has 2 N–H and O–H groups in total. The normalized spacial score (nSPS) is 25.2. The van der Waals surface area contributed by atoms with E-state index in [1.54, 1.807) is 19.9 Å². The van der Waals surface area contributed by atoms with Crippen LogP contribution in [-0.2, 0) is 6.42 Å². The van der Waals surface area contributed by atoms with Gasteiger partial charge in [-0.3, -0.25) is 4.79 Å². The van der Waals surface area contributed by atoms with Crippen molar-refractivity contribution >= 4 is 5.78 Å². The SMILES string of the molecule is C=C(C)CCc1c(F)c(F)c(C2CC(C3(C)C=CC(C(c4ccc(O)cc4)C(F)(F)F)=CC3)C2)c(F)c1OC1C=CC(C(=C2C=CC(=[OH+])C=C2)C(F)(F)F)=CC1C. The number of ether oxygens (including phenoxy) is 1. The number of rotatable bonds is 10. The van der Waals surface area contributed by atoms with Crippen molar-refractivity contribution in [1.82, 2.24) is 0 Å². The summed E-state index contributed by atoms with van der Waals surface area (Å²) in [5, 5.41) is 9.58. The summed E-state index contributed by atoms with van der Waals surface area (Å²) < 4.78 is 140. The van der Waals surface area contributed by atoms with E-state index in [2.05, 4.69) is 6.58 Å². The van der Waals surface area contributed by atoms with Gasteiger partial charge in [-0.25, -0.2) is 13.2 Å². The molecule has 0 amide bonds. The Labute approximate surface area is 325 Å². The smallest absolute Gasteiger partial charge is 0.417 e. The minimum Gasteiger partial charge on any atom is -0.508 e. The predicted molar refractivity (Wildman–Crippen MR) is 201 cm³/mol. The van der Waals surface area contributed by atoms with Crippen molar-refractivity contribution in [3.8, 4) is 11.5 Å². The minimum atomic E-state index is -4.78. The van der Waals surface area contributed by atoms with Crippen molar-refractivity contribution in [2.45, 2.75) is 83.2 Å². The van der Waals surface area contributed by atoms with Crippen LogP contribution in [0.2, 0.25) is 0 Å². The monoisotopic (exact) mass is 801 g/mol. The third-order valence-electron chi connectivity index (χ3n) is 11.4. The second-order valence-electron chi connectivity index (χ2n) is 15.6. The quantitative estimate of drug-likeness (QED) is 0.113. The third kappa shape index (κ3) is 8.65. The van der Waals surface area contributed by atoms with Gasteiger partial charge >= 0.3 is 18.1 Å². The fourth-order valence-corrected chi connectivity index (χ4v) is 8.03. The lowest BCUT2D eigenvalue weighted by Gasteiger charge is -2.47. The molecular formula is C45H42F9O3+. The van der Waals surface area contributed by atoms with E-state index in [9.17, 15) is 36.2 Å². The molecule has 0 spiro atoms. The molecule has 2 aromatic carbocycles. The van der Waals surface area contributed by atoms with Gasteiger partial charge in [-0.15, -0.1) is 6.58 Å². The van der Waals surface area contributed by atoms with E-state index in [0.717, 1.165) is 24.3 Å². The Kier molecular flexibility index (Phi) is 11.5. The fraction of sp³-hybridized carbons (Fsp3) is 0.356. The van der Waals surface area contributed by atoms with Gasteiger partial charge in [0.25, 0.3) is 0 Å². The van der Waals surface area contributed by atoms with Gasteiger partial charge in [0.1, 0.15) is 17.8 Å². The Balaban J connectivity index is 1.24. The molecule has 3 nitrogen and oxygen atoms in total. The maximum absolute atomic E-state index is 16.7. The molecule has 0 bridgehead atoms. The zero-order chi connectivity index (χ0) is 41.6. The highest BCUT2D eigenvalue weighted by Crippen LogP contribution is 2.56. The summed E-state index contributed by atoms with van der Waals surface area (Å²) in [6.07, 6.45) is 3.20. The number of phenols is 1. The van der Waals surface area contributed by atoms with Crippen LogP contribution in [0.15, 0.2) is 119 Å². The summed E-state index contributed by atoms with van der Waals surface area (Å²) in [5.41, 5.74) is -2.24. The first-order valence-corrected chi connectivity index (χ1v) is 18.6. The molecule has 0 saturated heterocycles. The predicted octanol–water partition coefficient (Wildman–Crippen LogP) is 12.5. The summed E-state index contributed by atoms with van der Waals surface area (Å²) in [6.45, 7) is 8.88. The van der Waals surface area contributed by atoms with Crippen LogP contribution in [0.25, 0.3) is 0 Å². The van der Waals surface area contributed by atoms with Crippen molar-refractivity contribution in [1.29, 1.82) is 0 Å². The van der Waals surface area contributed by atoms with Gasteiger partial charge in [-0.1, -0.05) is 61.9 Å². The minimum absolute atomic E-state index is 0.0331. The fourth-order valence-electron chi connectivity index (χ4n) is 8.03. The van der Waals surface area contributed by atoms with E-state index < -0.39 is 76.0 Å². The third-order valence-corrected chi connectivity index (χ3v) is 11.4. The Hall–Kier alpha value is -5.00. The molecule has 4 aliphatic rings. The van der Waals surface area contributed by atoms with Crippen molar-refractivity contribution in [2.75, 3.05) is 0 Å². The van der Waals surface area contributed by atoms with Crippen LogP contribution in [0, 0.1) is 34.7 Å². The van der Waals surface area contributed by atoms with E-state index in [4.69, 9.17) is 4.74 Å². The first kappa shape index (κ1) is 41.6. The maximum Gasteiger partial charge on any atom is 0.417 e. The number of benzene rings is 2. The number of phenolic OH excluding ortho intramolecular Hbond substituents is 1. The molecule has 12 heteroatoms. The van der Waals surface area contributed by atoms with E-state index in [0.29, 0.717) is 5.57 Å². The molecular weight excluding hydrogens is 759 g/mol. The first-order chi connectivity index (χ1) is 26.7. The maximum atomic E-state index is 16.7. The summed E-state index contributed by atoms with van der Waals surface area (Å²) in [6, 6.07) is 4.82. The van der Waals surface area contributed by atoms with Crippen molar-refractivity contribution in [3.05, 3.63) is 154 Å². The highest BCUT2D eigenvalue weighted by atomic mass is 19.4. The average Bonchev–Trinajstić information content (AvgIpc) is 3.10. The van der Waals surface area contributed by atoms with Crippen LogP contribution >= 0.6 is 0 Å². The zero-order valence-electron chi connectivity index (χ0n) is 31.4. The molecule has 0 aliphatic heterocycles. The Morgan fingerprint density at radius 2 is 1.60 bits per heavy atom. The number of aromatic hydroxyl groups is 1. The molecule has 4 atom stereocenters. The van der Waals surface area contributed by atoms with Gasteiger partial charge < -0.3 is 9.84 Å². The van der Waals surface area contributed by atoms with E-state index in [1.165, 1.54) is 54.6 Å². The number of halogens is 9. The number of carbonyl (C=O) groups excluding carboxylic acids is 1. The van der Waals surface area contributed by atoms with Gasteiger partial charge in [-0.2, -0.15) is 26.3 Å². The topological polar surface area (TPSA) is 50.9 Å². The standard InChI is InChI=1S/C45H41F9O3/c1-24(2)5-15-34-39(46)40(47)36(30-22-31(23-30)43(4)19-17-28(18-20-43)37(44(49,50)51)26-6-11-32(55)12-7-26)41(48)42(34)57-35-16-10-29(21-25(35)3)38(45(52,53)54)27-8-13-33(56)14-9-27/h6-14,16-19,21,25,30-31,35,37,55H,1,5,15,20,22-23H2,2-4H3/p+1. The van der Waals surface area contributed by atoms with Gasteiger partial charge in [0.15, 0.2) is 23.2 Å². The molecule has 0 aromatic heterocycles. The molecule has 2 aromatic rings. The van der Waals surface area contributed by atoms with Crippen molar-refractivity contribution in [3.63, 3.8) is 0 Å². The number of hydrogen-bond donors (Lipinski definition) is 1. The summed E-state index contributed by atoms with van der Waals surface area (Å²) in [4.78, 5) is 9.60. The van der Waals surface area contributed by atoms with Crippen LogP contribution in [0.5, 0.6) is 11.5 Å². The molecule has 6 rings (SSSR count). The molecule has 0 radical (unpaired) electrons. The van der Waals surface area contributed by atoms with Crippen LogP contribution in [0.3, 0.4) is 0 Å². The molecule has 4 aliphatic carbocycles. The lowest BCUT2D eigenvalue weighted by Crippen LogP contribution is -2.37. The molecule has 302 valence electrons. The largest absolute Gasteiger partial charge is 0.508 e. The summed E-state index contributed by atoms with van der Waals surface area (Å²) >= 11 is 0. The van der Waals surface area contributed by atoms with Crippen LogP contribution in [0.1, 0.15) is 75.0 Å². The Bertz CT molecular complexity index is 2140. The molecule has 1 saturated carbocycles. The Morgan fingerprint density at radius 3 is 2.14 bits per heavy atom. The van der Waals surface area contributed by atoms with Crippen molar-refractivity contribution in [2.24, 2.45) is 17.3 Å². The number of alkyl halides is 6. The molecule has 4 unspecified atom stereocenters. The van der Waals surface area contributed by atoms with Gasteiger partial charge in [0, 0.05) is 29.2 Å². The number of hydrogen-bond acceptors (Lipinski definition) is 2. The second kappa shape index (κ2) is 15.7. The first-order valence-electron chi connectivity index (χ1n) is 18.6. The van der Waals surface area contributed by atoms with Crippen LogP contribution in [0.4, 0.5) is 39.5 Å². The van der Waals surface area contributed by atoms with Crippen LogP contribution in [-0.4, -0.2) is 34.1 Å². The van der Waals surface area contributed by atoms with Gasteiger partial charge in [0.05, 0.1) is 5.57 Å². The summed E-state index contributed by atoms with van der Waals surface area (Å²) in [5.74, 6) is -8.35. The molecule has 1 fully saturated rings. The second-order valence-corrected chi connectivity index (χ2v) is 15.6. The lowest BCUT2D eigenvalue weighted by atomic mass is 9.57. The van der Waals surface area contributed by atoms with E-state index in [1.807, 2.05) is 6.92 Å². The van der Waals surface area contributed by atoms with Gasteiger partial charge in [-0.05, 0) is 109 Å². The average molecular weight is 802 g/mol. The summed E-state index contributed by atoms with van der Waals surface area (Å²) in [7, 11) is 0. The zero-order valence-corrected chi connectivity index (χ0v) is 31.4. The molecule has 57 heavy (non-hydrogen) atoms.